The predicted molar refractivity (Wildman–Crippen MR) is 100 cm³/mol. The topological polar surface area (TPSA) is 102 Å². The zero-order valence-corrected chi connectivity index (χ0v) is 15.7. The average Bonchev–Trinajstić information content (AvgIpc) is 2.67. The van der Waals surface area contributed by atoms with E-state index in [1.54, 1.807) is 0 Å². The molecule has 1 aliphatic rings. The molecule has 0 spiro atoms. The number of hydrogen-bond acceptors (Lipinski definition) is 6. The van der Waals surface area contributed by atoms with Crippen molar-refractivity contribution in [1.29, 1.82) is 0 Å². The molecule has 0 amide bonds. The Morgan fingerprint density at radius 3 is 2.67 bits per heavy atom. The second-order valence-corrected chi connectivity index (χ2v) is 8.02. The first-order valence-corrected chi connectivity index (χ1v) is 10.0. The van der Waals surface area contributed by atoms with E-state index < -0.39 is 20.6 Å². The van der Waals surface area contributed by atoms with Gasteiger partial charge in [-0.3, -0.25) is 15.0 Å². The van der Waals surface area contributed by atoms with Crippen LogP contribution in [0.2, 0.25) is 0 Å². The Morgan fingerprint density at radius 2 is 1.96 bits per heavy atom. The van der Waals surface area contributed by atoms with E-state index in [9.17, 15) is 18.5 Å². The lowest BCUT2D eigenvalue weighted by Gasteiger charge is -2.28. The lowest BCUT2D eigenvalue weighted by Crippen LogP contribution is -2.37. The first-order valence-electron chi connectivity index (χ1n) is 8.52. The molecule has 0 atom stereocenters. The van der Waals surface area contributed by atoms with E-state index in [2.05, 4.69) is 21.8 Å². The summed E-state index contributed by atoms with van der Waals surface area (Å²) in [6.45, 7) is 2.31. The number of nitrogens with zero attached hydrogens (tertiary/aromatic N) is 2. The molecule has 0 saturated carbocycles. The first-order chi connectivity index (χ1) is 12.9. The minimum Gasteiger partial charge on any atom is -0.497 e. The minimum atomic E-state index is -4.00. The van der Waals surface area contributed by atoms with Crippen LogP contribution in [0.3, 0.4) is 0 Å². The van der Waals surface area contributed by atoms with Crippen LogP contribution in [0.4, 0.5) is 5.69 Å². The van der Waals surface area contributed by atoms with Crippen LogP contribution in [0.1, 0.15) is 11.1 Å². The number of rotatable bonds is 7. The summed E-state index contributed by atoms with van der Waals surface area (Å²) in [5.74, 6) is 0.229. The second kappa shape index (κ2) is 8.03. The SMILES string of the molecule is COc1ccc(S(=O)(=O)NCCN2CCc3ccccc3C2)c([N+](=O)[O-])c1. The fourth-order valence-electron chi connectivity index (χ4n) is 3.15. The molecule has 0 aromatic heterocycles. The molecule has 3 rings (SSSR count). The molecule has 2 aromatic rings. The third kappa shape index (κ3) is 4.44. The number of hydrogen-bond donors (Lipinski definition) is 1. The van der Waals surface area contributed by atoms with Crippen molar-refractivity contribution in [2.45, 2.75) is 17.9 Å². The van der Waals surface area contributed by atoms with E-state index in [0.717, 1.165) is 25.6 Å². The summed E-state index contributed by atoms with van der Waals surface area (Å²) < 4.78 is 32.4. The lowest BCUT2D eigenvalue weighted by atomic mass is 10.0. The van der Waals surface area contributed by atoms with Crippen LogP contribution in [-0.2, 0) is 23.0 Å². The largest absolute Gasteiger partial charge is 0.497 e. The Hall–Kier alpha value is -2.49. The number of nitrogens with one attached hydrogen (secondary N) is 1. The predicted octanol–water partition coefficient (Wildman–Crippen LogP) is 1.94. The number of sulfonamides is 1. The molecule has 0 bridgehead atoms. The maximum atomic E-state index is 12.5. The van der Waals surface area contributed by atoms with Gasteiger partial charge < -0.3 is 4.74 Å². The molecule has 1 heterocycles. The van der Waals surface area contributed by atoms with E-state index in [-0.39, 0.29) is 17.2 Å². The van der Waals surface area contributed by atoms with Crippen molar-refractivity contribution in [3.63, 3.8) is 0 Å². The van der Waals surface area contributed by atoms with Crippen LogP contribution in [-0.4, -0.2) is 45.0 Å². The minimum absolute atomic E-state index is 0.174. The third-order valence-corrected chi connectivity index (χ3v) is 6.09. The highest BCUT2D eigenvalue weighted by atomic mass is 32.2. The lowest BCUT2D eigenvalue weighted by molar-refractivity contribution is -0.387. The summed E-state index contributed by atoms with van der Waals surface area (Å²) in [5, 5.41) is 11.2. The number of benzene rings is 2. The molecular formula is C18H21N3O5S. The Labute approximate surface area is 158 Å². The molecular weight excluding hydrogens is 370 g/mol. The molecule has 0 unspecified atom stereocenters. The van der Waals surface area contributed by atoms with E-state index in [1.807, 2.05) is 12.1 Å². The summed E-state index contributed by atoms with van der Waals surface area (Å²) in [6.07, 6.45) is 0.923. The van der Waals surface area contributed by atoms with Crippen molar-refractivity contribution < 1.29 is 18.1 Å². The van der Waals surface area contributed by atoms with Gasteiger partial charge >= 0.3 is 0 Å². The maximum Gasteiger partial charge on any atom is 0.293 e. The molecule has 0 radical (unpaired) electrons. The fourth-order valence-corrected chi connectivity index (χ4v) is 4.33. The van der Waals surface area contributed by atoms with Crippen molar-refractivity contribution in [2.75, 3.05) is 26.7 Å². The van der Waals surface area contributed by atoms with Gasteiger partial charge in [0.25, 0.3) is 5.69 Å². The van der Waals surface area contributed by atoms with Gasteiger partial charge in [0.05, 0.1) is 18.1 Å². The summed E-state index contributed by atoms with van der Waals surface area (Å²) in [5.41, 5.74) is 2.06. The molecule has 0 fully saturated rings. The van der Waals surface area contributed by atoms with Crippen LogP contribution in [0.5, 0.6) is 5.75 Å². The molecule has 8 nitrogen and oxygen atoms in total. The number of nitro groups is 1. The smallest absolute Gasteiger partial charge is 0.293 e. The standard InChI is InChI=1S/C18H21N3O5S/c1-26-16-6-7-18(17(12-16)21(22)23)27(24,25)19-9-11-20-10-8-14-4-2-3-5-15(14)13-20/h2-7,12,19H,8-11,13H2,1H3. The summed E-state index contributed by atoms with van der Waals surface area (Å²) in [6, 6.07) is 11.9. The second-order valence-electron chi connectivity index (χ2n) is 6.28. The Bertz CT molecular complexity index is 946. The maximum absolute atomic E-state index is 12.5. The van der Waals surface area contributed by atoms with Crippen molar-refractivity contribution in [2.24, 2.45) is 0 Å². The van der Waals surface area contributed by atoms with Crippen LogP contribution in [0, 0.1) is 10.1 Å². The molecule has 0 aliphatic carbocycles. The van der Waals surface area contributed by atoms with Gasteiger partial charge in [0, 0.05) is 26.2 Å². The van der Waals surface area contributed by atoms with Crippen LogP contribution >= 0.6 is 0 Å². The van der Waals surface area contributed by atoms with Gasteiger partial charge in [0.2, 0.25) is 10.0 Å². The highest BCUT2D eigenvalue weighted by Crippen LogP contribution is 2.28. The molecule has 2 aromatic carbocycles. The molecule has 1 N–H and O–H groups in total. The van der Waals surface area contributed by atoms with Gasteiger partial charge in [-0.25, -0.2) is 13.1 Å². The first kappa shape index (κ1) is 19.3. The summed E-state index contributed by atoms with van der Waals surface area (Å²) in [4.78, 5) is 12.3. The van der Waals surface area contributed by atoms with Gasteiger partial charge in [-0.2, -0.15) is 0 Å². The van der Waals surface area contributed by atoms with Crippen molar-refractivity contribution in [3.05, 3.63) is 63.7 Å². The number of ether oxygens (including phenoxy) is 1. The number of nitro benzene ring substituents is 1. The normalized spacial score (nSPS) is 14.6. The van der Waals surface area contributed by atoms with Crippen molar-refractivity contribution in [1.82, 2.24) is 9.62 Å². The van der Waals surface area contributed by atoms with E-state index >= 15 is 0 Å². The van der Waals surface area contributed by atoms with E-state index in [0.29, 0.717) is 6.54 Å². The van der Waals surface area contributed by atoms with Gasteiger partial charge in [0.15, 0.2) is 4.90 Å². The zero-order chi connectivity index (χ0) is 19.4. The van der Waals surface area contributed by atoms with Gasteiger partial charge in [-0.05, 0) is 29.7 Å². The molecule has 9 heteroatoms. The molecule has 0 saturated heterocycles. The van der Waals surface area contributed by atoms with E-state index in [1.165, 1.54) is 30.4 Å². The monoisotopic (exact) mass is 391 g/mol. The summed E-state index contributed by atoms with van der Waals surface area (Å²) >= 11 is 0. The molecule has 1 aliphatic heterocycles. The van der Waals surface area contributed by atoms with Gasteiger partial charge in [-0.1, -0.05) is 24.3 Å². The Balaban J connectivity index is 1.65. The van der Waals surface area contributed by atoms with E-state index in [4.69, 9.17) is 4.74 Å². The summed E-state index contributed by atoms with van der Waals surface area (Å²) in [7, 11) is -2.63. The zero-order valence-electron chi connectivity index (χ0n) is 14.9. The number of methoxy groups -OCH3 is 1. The Kier molecular flexibility index (Phi) is 5.73. The molecule has 27 heavy (non-hydrogen) atoms. The highest BCUT2D eigenvalue weighted by Gasteiger charge is 2.26. The number of fused-ring (bicyclic) bond motifs is 1. The van der Waals surface area contributed by atoms with Crippen LogP contribution < -0.4 is 9.46 Å². The van der Waals surface area contributed by atoms with Crippen LogP contribution in [0.25, 0.3) is 0 Å². The third-order valence-electron chi connectivity index (χ3n) is 4.58. The van der Waals surface area contributed by atoms with Crippen molar-refractivity contribution >= 4 is 15.7 Å². The van der Waals surface area contributed by atoms with Crippen molar-refractivity contribution in [3.8, 4) is 5.75 Å². The van der Waals surface area contributed by atoms with Gasteiger partial charge in [0.1, 0.15) is 5.75 Å². The average molecular weight is 391 g/mol. The molecule has 144 valence electrons. The quantitative estimate of drug-likeness (QED) is 0.572. The van der Waals surface area contributed by atoms with Crippen LogP contribution in [0.15, 0.2) is 47.4 Å². The fraction of sp³-hybridized carbons (Fsp3) is 0.333. The highest BCUT2D eigenvalue weighted by molar-refractivity contribution is 7.89. The Morgan fingerprint density at radius 1 is 1.22 bits per heavy atom. The van der Waals surface area contributed by atoms with Gasteiger partial charge in [-0.15, -0.1) is 0 Å².